The van der Waals surface area contributed by atoms with Gasteiger partial charge in [0.1, 0.15) is 0 Å². The number of nitrogens with zero attached hydrogens (tertiary/aromatic N) is 1. The summed E-state index contributed by atoms with van der Waals surface area (Å²) < 4.78 is 1.11. The Morgan fingerprint density at radius 3 is 3.00 bits per heavy atom. The number of hydrogen-bond donors (Lipinski definition) is 0. The molecular formula is C16H19NOS. The third kappa shape index (κ3) is 2.86. The van der Waals surface area contributed by atoms with Gasteiger partial charge in [-0.15, -0.1) is 11.3 Å². The number of Topliss-reactive ketones (excluding diaryl/α,β-unsaturated/α-hetero) is 1. The van der Waals surface area contributed by atoms with E-state index < -0.39 is 0 Å². The van der Waals surface area contributed by atoms with E-state index in [9.17, 15) is 4.79 Å². The van der Waals surface area contributed by atoms with Gasteiger partial charge in [-0.25, -0.2) is 4.98 Å². The summed E-state index contributed by atoms with van der Waals surface area (Å²) >= 11 is 1.53. The predicted octanol–water partition coefficient (Wildman–Crippen LogP) is 4.70. The van der Waals surface area contributed by atoms with Gasteiger partial charge in [0.05, 0.1) is 10.2 Å². The first-order chi connectivity index (χ1) is 9.22. The van der Waals surface area contributed by atoms with Crippen LogP contribution in [0.1, 0.15) is 48.8 Å². The van der Waals surface area contributed by atoms with Crippen molar-refractivity contribution in [2.24, 2.45) is 11.8 Å². The van der Waals surface area contributed by atoms with Crippen LogP contribution >= 0.6 is 11.3 Å². The molecule has 19 heavy (non-hydrogen) atoms. The van der Waals surface area contributed by atoms with Crippen molar-refractivity contribution in [2.75, 3.05) is 0 Å². The maximum Gasteiger partial charge on any atom is 0.191 e. The van der Waals surface area contributed by atoms with Gasteiger partial charge in [0.25, 0.3) is 0 Å². The minimum absolute atomic E-state index is 0.236. The van der Waals surface area contributed by atoms with Crippen LogP contribution in [0.25, 0.3) is 10.2 Å². The fraction of sp³-hybridized carbons (Fsp3) is 0.500. The van der Waals surface area contributed by atoms with Gasteiger partial charge in [0.15, 0.2) is 10.8 Å². The fourth-order valence-electron chi connectivity index (χ4n) is 3.09. The second-order valence-corrected chi connectivity index (χ2v) is 6.78. The maximum atomic E-state index is 12.3. The average Bonchev–Trinajstić information content (AvgIpc) is 2.82. The molecule has 1 aromatic heterocycles. The lowest BCUT2D eigenvalue weighted by Gasteiger charge is -2.25. The summed E-state index contributed by atoms with van der Waals surface area (Å²) in [6.45, 7) is 2.30. The van der Waals surface area contributed by atoms with Gasteiger partial charge in [-0.05, 0) is 36.8 Å². The Balaban J connectivity index is 1.72. The van der Waals surface area contributed by atoms with Crippen molar-refractivity contribution < 1.29 is 4.79 Å². The van der Waals surface area contributed by atoms with Crippen molar-refractivity contribution in [3.05, 3.63) is 29.3 Å². The molecule has 2 unspecified atom stereocenters. The largest absolute Gasteiger partial charge is 0.292 e. The lowest BCUT2D eigenvalue weighted by atomic mass is 9.80. The van der Waals surface area contributed by atoms with E-state index in [1.54, 1.807) is 0 Å². The summed E-state index contributed by atoms with van der Waals surface area (Å²) in [5.74, 6) is 1.59. The molecule has 2 nitrogen and oxygen atoms in total. The Bertz CT molecular complexity index is 556. The quantitative estimate of drug-likeness (QED) is 0.759. The van der Waals surface area contributed by atoms with Crippen molar-refractivity contribution in [1.82, 2.24) is 4.98 Å². The van der Waals surface area contributed by atoms with Gasteiger partial charge >= 0.3 is 0 Å². The number of para-hydroxylation sites is 1. The number of fused-ring (bicyclic) bond motifs is 1. The number of hydrogen-bond acceptors (Lipinski definition) is 3. The highest BCUT2D eigenvalue weighted by atomic mass is 32.1. The second-order valence-electron chi connectivity index (χ2n) is 5.75. The average molecular weight is 273 g/mol. The maximum absolute atomic E-state index is 12.3. The van der Waals surface area contributed by atoms with Crippen LogP contribution in [0.4, 0.5) is 0 Å². The Morgan fingerprint density at radius 2 is 2.21 bits per heavy atom. The molecule has 0 spiro atoms. The third-order valence-electron chi connectivity index (χ3n) is 4.05. The molecule has 0 saturated heterocycles. The van der Waals surface area contributed by atoms with Crippen molar-refractivity contribution in [3.8, 4) is 0 Å². The molecule has 1 saturated carbocycles. The zero-order valence-corrected chi connectivity index (χ0v) is 12.1. The van der Waals surface area contributed by atoms with E-state index in [2.05, 4.69) is 11.9 Å². The minimum atomic E-state index is 0.236. The molecule has 1 heterocycles. The Morgan fingerprint density at radius 1 is 1.37 bits per heavy atom. The van der Waals surface area contributed by atoms with Crippen molar-refractivity contribution in [1.29, 1.82) is 0 Å². The highest BCUT2D eigenvalue weighted by molar-refractivity contribution is 7.20. The molecule has 3 rings (SSSR count). The van der Waals surface area contributed by atoms with Crippen LogP contribution in [-0.2, 0) is 0 Å². The van der Waals surface area contributed by atoms with Crippen molar-refractivity contribution in [2.45, 2.75) is 39.0 Å². The van der Waals surface area contributed by atoms with Crippen LogP contribution < -0.4 is 0 Å². The predicted molar refractivity (Wildman–Crippen MR) is 79.7 cm³/mol. The number of benzene rings is 1. The van der Waals surface area contributed by atoms with E-state index >= 15 is 0 Å². The molecular weight excluding hydrogens is 254 g/mol. The normalized spacial score (nSPS) is 23.6. The molecule has 1 aliphatic rings. The fourth-order valence-corrected chi connectivity index (χ4v) is 4.00. The van der Waals surface area contributed by atoms with Gasteiger partial charge in [0, 0.05) is 6.42 Å². The van der Waals surface area contributed by atoms with E-state index in [1.807, 2.05) is 24.3 Å². The molecule has 0 radical (unpaired) electrons. The first kappa shape index (κ1) is 12.8. The smallest absolute Gasteiger partial charge is 0.191 e. The summed E-state index contributed by atoms with van der Waals surface area (Å²) in [7, 11) is 0. The monoisotopic (exact) mass is 273 g/mol. The van der Waals surface area contributed by atoms with Crippen LogP contribution in [0.2, 0.25) is 0 Å². The summed E-state index contributed by atoms with van der Waals surface area (Å²) in [5, 5.41) is 0.694. The Kier molecular flexibility index (Phi) is 3.65. The molecule has 1 aliphatic carbocycles. The standard InChI is InChI=1S/C16H19NOS/c1-11-5-4-6-12(9-11)10-14(18)16-17-13-7-2-3-8-15(13)19-16/h2-3,7-8,11-12H,4-6,9-10H2,1H3. The topological polar surface area (TPSA) is 30.0 Å². The number of thiazole rings is 1. The van der Waals surface area contributed by atoms with Crippen LogP contribution in [0.15, 0.2) is 24.3 Å². The van der Waals surface area contributed by atoms with E-state index in [0.29, 0.717) is 17.3 Å². The SMILES string of the molecule is CC1CCCC(CC(=O)c2nc3ccccc3s2)C1. The second kappa shape index (κ2) is 5.41. The Hall–Kier alpha value is -1.22. The van der Waals surface area contributed by atoms with E-state index in [-0.39, 0.29) is 5.78 Å². The summed E-state index contributed by atoms with van der Waals surface area (Å²) in [6, 6.07) is 7.98. The molecule has 100 valence electrons. The number of aromatic nitrogens is 1. The van der Waals surface area contributed by atoms with E-state index in [4.69, 9.17) is 0 Å². The highest BCUT2D eigenvalue weighted by Gasteiger charge is 2.23. The lowest BCUT2D eigenvalue weighted by molar-refractivity contribution is 0.0942. The molecule has 1 fully saturated rings. The number of carbonyl (C=O) groups excluding carboxylic acids is 1. The van der Waals surface area contributed by atoms with Crippen molar-refractivity contribution >= 4 is 27.3 Å². The zero-order valence-electron chi connectivity index (χ0n) is 11.3. The van der Waals surface area contributed by atoms with Crippen LogP contribution in [0.5, 0.6) is 0 Å². The van der Waals surface area contributed by atoms with Crippen LogP contribution in [-0.4, -0.2) is 10.8 Å². The van der Waals surface area contributed by atoms with Crippen LogP contribution in [0, 0.1) is 11.8 Å². The molecule has 0 amide bonds. The molecule has 3 heteroatoms. The molecule has 0 bridgehead atoms. The van der Waals surface area contributed by atoms with Gasteiger partial charge in [0.2, 0.25) is 0 Å². The van der Waals surface area contributed by atoms with Gasteiger partial charge in [-0.3, -0.25) is 4.79 Å². The third-order valence-corrected chi connectivity index (χ3v) is 5.13. The summed E-state index contributed by atoms with van der Waals surface area (Å²) in [6.07, 6.45) is 5.70. The van der Waals surface area contributed by atoms with Crippen LogP contribution in [0.3, 0.4) is 0 Å². The first-order valence-electron chi connectivity index (χ1n) is 7.11. The van der Waals surface area contributed by atoms with E-state index in [1.165, 1.54) is 37.0 Å². The van der Waals surface area contributed by atoms with Crippen molar-refractivity contribution in [3.63, 3.8) is 0 Å². The number of rotatable bonds is 3. The highest BCUT2D eigenvalue weighted by Crippen LogP contribution is 2.32. The first-order valence-corrected chi connectivity index (χ1v) is 7.93. The zero-order chi connectivity index (χ0) is 13.2. The molecule has 0 aliphatic heterocycles. The van der Waals surface area contributed by atoms with Gasteiger partial charge in [-0.2, -0.15) is 0 Å². The minimum Gasteiger partial charge on any atom is -0.292 e. The molecule has 0 N–H and O–H groups in total. The number of ketones is 1. The Labute approximate surface area is 117 Å². The van der Waals surface area contributed by atoms with Gasteiger partial charge < -0.3 is 0 Å². The van der Waals surface area contributed by atoms with E-state index in [0.717, 1.165) is 16.1 Å². The van der Waals surface area contributed by atoms with Gasteiger partial charge in [-0.1, -0.05) is 31.9 Å². The molecule has 1 aromatic carbocycles. The molecule has 2 aromatic rings. The number of carbonyl (C=O) groups is 1. The summed E-state index contributed by atoms with van der Waals surface area (Å²) in [5.41, 5.74) is 0.952. The summed E-state index contributed by atoms with van der Waals surface area (Å²) in [4.78, 5) is 16.8. The molecule has 2 atom stereocenters. The lowest BCUT2D eigenvalue weighted by Crippen LogP contribution is -2.16.